The Morgan fingerprint density at radius 1 is 0.667 bits per heavy atom. The van der Waals surface area contributed by atoms with Crippen LogP contribution in [-0.2, 0) is 37.4 Å². The number of hydrogen-bond acceptors (Lipinski definition) is 9. The quantitative estimate of drug-likeness (QED) is 0.0203. The number of hydrogen-bond donors (Lipinski definition) is 2. The highest BCUT2D eigenvalue weighted by molar-refractivity contribution is 7.47. The van der Waals surface area contributed by atoms with E-state index in [0.717, 1.165) is 77.0 Å². The van der Waals surface area contributed by atoms with Gasteiger partial charge in [-0.15, -0.1) is 0 Å². The monoisotopic (exact) mass is 784 g/mol. The molecule has 314 valence electrons. The first-order chi connectivity index (χ1) is 26.3. The van der Waals surface area contributed by atoms with Crippen molar-refractivity contribution in [1.29, 1.82) is 0 Å². The predicted molar refractivity (Wildman–Crippen MR) is 219 cm³/mol. The van der Waals surface area contributed by atoms with Gasteiger partial charge in [0.1, 0.15) is 6.61 Å². The van der Waals surface area contributed by atoms with Gasteiger partial charge in [0, 0.05) is 19.4 Å². The van der Waals surface area contributed by atoms with Crippen LogP contribution in [0.3, 0.4) is 0 Å². The number of phosphoric acid groups is 1. The molecule has 1 aliphatic rings. The molecule has 4 atom stereocenters. The molecule has 1 rings (SSSR count). The van der Waals surface area contributed by atoms with Crippen LogP contribution >= 0.6 is 7.82 Å². The van der Waals surface area contributed by atoms with Crippen LogP contribution in [0.15, 0.2) is 36.5 Å². The van der Waals surface area contributed by atoms with E-state index in [4.69, 9.17) is 29.0 Å². The summed E-state index contributed by atoms with van der Waals surface area (Å²) < 4.78 is 38.6. The van der Waals surface area contributed by atoms with E-state index < -0.39 is 32.5 Å². The number of unbranched alkanes of at least 4 members (excludes halogenated alkanes) is 17. The Morgan fingerprint density at radius 3 is 1.81 bits per heavy atom. The average Bonchev–Trinajstić information content (AvgIpc) is 3.91. The third-order valence-electron chi connectivity index (χ3n) is 9.42. The lowest BCUT2D eigenvalue weighted by Gasteiger charge is -2.19. The van der Waals surface area contributed by atoms with Crippen LogP contribution in [0.2, 0.25) is 0 Å². The summed E-state index contributed by atoms with van der Waals surface area (Å²) in [6, 6.07) is 0. The highest BCUT2D eigenvalue weighted by atomic mass is 31.2. The van der Waals surface area contributed by atoms with Gasteiger partial charge in [0.2, 0.25) is 0 Å². The van der Waals surface area contributed by atoms with E-state index in [1.165, 1.54) is 64.2 Å². The molecule has 0 spiro atoms. The van der Waals surface area contributed by atoms with E-state index in [2.05, 4.69) is 50.3 Å². The summed E-state index contributed by atoms with van der Waals surface area (Å²) in [5.41, 5.74) is 5.35. The summed E-state index contributed by atoms with van der Waals surface area (Å²) in [4.78, 5) is 34.9. The molecule has 0 radical (unpaired) electrons. The minimum Gasteiger partial charge on any atom is -0.462 e. The first-order valence-corrected chi connectivity index (χ1v) is 23.1. The van der Waals surface area contributed by atoms with Crippen LogP contribution < -0.4 is 5.73 Å². The van der Waals surface area contributed by atoms with Crippen LogP contribution in [0, 0.1) is 0 Å². The molecular formula is C43H78NO9P. The SMILES string of the molecule is CCCCC/C=C\C/C=C\CCCCCCCCCC(=O)O[C@H](COC(=O)CCCCCCCC1OC1C/C=C\CCCCC)COP(=O)(O)OCCN. The lowest BCUT2D eigenvalue weighted by atomic mass is 10.1. The number of carbonyl (C=O) groups is 2. The molecule has 1 fully saturated rings. The van der Waals surface area contributed by atoms with Crippen molar-refractivity contribution < 1.29 is 42.3 Å². The molecule has 0 aromatic heterocycles. The lowest BCUT2D eigenvalue weighted by molar-refractivity contribution is -0.161. The summed E-state index contributed by atoms with van der Waals surface area (Å²) in [5, 5.41) is 0. The zero-order chi connectivity index (χ0) is 39.4. The molecule has 3 unspecified atom stereocenters. The summed E-state index contributed by atoms with van der Waals surface area (Å²) in [6.07, 6.45) is 40.4. The van der Waals surface area contributed by atoms with Gasteiger partial charge in [-0.25, -0.2) is 4.57 Å². The Bertz CT molecular complexity index is 1050. The van der Waals surface area contributed by atoms with Gasteiger partial charge in [-0.3, -0.25) is 18.6 Å². The number of rotatable bonds is 39. The number of esters is 2. The van der Waals surface area contributed by atoms with Crippen LogP contribution in [0.4, 0.5) is 0 Å². The van der Waals surface area contributed by atoms with Crippen molar-refractivity contribution in [2.75, 3.05) is 26.4 Å². The summed E-state index contributed by atoms with van der Waals surface area (Å²) >= 11 is 0. The van der Waals surface area contributed by atoms with Crippen molar-refractivity contribution >= 4 is 19.8 Å². The molecular weight excluding hydrogens is 705 g/mol. The number of epoxide rings is 1. The zero-order valence-electron chi connectivity index (χ0n) is 34.1. The molecule has 54 heavy (non-hydrogen) atoms. The number of allylic oxidation sites excluding steroid dienone is 5. The second-order valence-electron chi connectivity index (χ2n) is 14.6. The van der Waals surface area contributed by atoms with Gasteiger partial charge in [0.05, 0.1) is 25.4 Å². The third kappa shape index (κ3) is 32.4. The van der Waals surface area contributed by atoms with E-state index in [9.17, 15) is 19.0 Å². The van der Waals surface area contributed by atoms with E-state index in [1.807, 2.05) is 0 Å². The van der Waals surface area contributed by atoms with E-state index in [0.29, 0.717) is 25.0 Å². The van der Waals surface area contributed by atoms with Crippen molar-refractivity contribution in [3.05, 3.63) is 36.5 Å². The maximum atomic E-state index is 12.6. The Kier molecular flexibility index (Phi) is 33.1. The smallest absolute Gasteiger partial charge is 0.462 e. The van der Waals surface area contributed by atoms with Gasteiger partial charge in [-0.05, 0) is 70.6 Å². The van der Waals surface area contributed by atoms with E-state index in [-0.39, 0.29) is 32.6 Å². The zero-order valence-corrected chi connectivity index (χ0v) is 35.0. The van der Waals surface area contributed by atoms with Gasteiger partial charge in [-0.2, -0.15) is 0 Å². The number of ether oxygens (including phenoxy) is 3. The van der Waals surface area contributed by atoms with E-state index in [1.54, 1.807) is 0 Å². The maximum Gasteiger partial charge on any atom is 0.472 e. The van der Waals surface area contributed by atoms with Crippen molar-refractivity contribution in [3.63, 3.8) is 0 Å². The van der Waals surface area contributed by atoms with Crippen LogP contribution in [0.1, 0.15) is 181 Å². The Labute approximate surface area is 329 Å². The molecule has 10 nitrogen and oxygen atoms in total. The molecule has 0 amide bonds. The Hall–Kier alpha value is -1.81. The third-order valence-corrected chi connectivity index (χ3v) is 10.4. The fourth-order valence-electron chi connectivity index (χ4n) is 6.08. The minimum atomic E-state index is -4.39. The Balaban J connectivity index is 2.19. The molecule has 0 aromatic carbocycles. The molecule has 0 aromatic rings. The van der Waals surface area contributed by atoms with Crippen molar-refractivity contribution in [2.45, 2.75) is 199 Å². The molecule has 0 saturated carbocycles. The van der Waals surface area contributed by atoms with Crippen LogP contribution in [0.5, 0.6) is 0 Å². The van der Waals surface area contributed by atoms with Gasteiger partial charge in [-0.1, -0.05) is 134 Å². The largest absolute Gasteiger partial charge is 0.472 e. The molecule has 0 bridgehead atoms. The normalized spacial score (nSPS) is 17.4. The molecule has 11 heteroatoms. The van der Waals surface area contributed by atoms with Crippen molar-refractivity contribution in [2.24, 2.45) is 5.73 Å². The predicted octanol–water partition coefficient (Wildman–Crippen LogP) is 11.2. The fourth-order valence-corrected chi connectivity index (χ4v) is 6.85. The van der Waals surface area contributed by atoms with Crippen molar-refractivity contribution in [3.8, 4) is 0 Å². The van der Waals surface area contributed by atoms with Crippen molar-refractivity contribution in [1.82, 2.24) is 0 Å². The van der Waals surface area contributed by atoms with Crippen LogP contribution in [-0.4, -0.2) is 61.5 Å². The minimum absolute atomic E-state index is 0.0468. The lowest BCUT2D eigenvalue weighted by Crippen LogP contribution is -2.29. The second kappa shape index (κ2) is 35.6. The molecule has 1 saturated heterocycles. The summed E-state index contributed by atoms with van der Waals surface area (Å²) in [5.74, 6) is -0.861. The number of phosphoric ester groups is 1. The van der Waals surface area contributed by atoms with E-state index >= 15 is 0 Å². The topological polar surface area (TPSA) is 147 Å². The molecule has 1 aliphatic heterocycles. The standard InChI is InChI=1S/C43H78NO9P/c1-3-5-7-9-11-12-13-14-15-16-17-18-19-20-21-25-30-34-43(46)52-39(38-51-54(47,48)50-36-35-44)37-49-42(45)33-29-26-22-24-28-32-41-40(53-41)31-27-23-10-8-6-4-2/h11-12,14-15,23,27,39-41H,3-10,13,16-22,24-26,28-38,44H2,1-2H3,(H,47,48)/b12-11-,15-14-,27-23-/t39-,40?,41?/m1/s1. The molecule has 0 aliphatic carbocycles. The number of carbonyl (C=O) groups excluding carboxylic acids is 2. The van der Waals surface area contributed by atoms with Gasteiger partial charge < -0.3 is 24.8 Å². The first kappa shape index (κ1) is 50.2. The molecule has 1 heterocycles. The molecule has 3 N–H and O–H groups in total. The number of nitrogens with two attached hydrogens (primary N) is 1. The van der Waals surface area contributed by atoms with Gasteiger partial charge in [0.25, 0.3) is 0 Å². The first-order valence-electron chi connectivity index (χ1n) is 21.6. The van der Waals surface area contributed by atoms with Gasteiger partial charge in [0.15, 0.2) is 6.10 Å². The highest BCUT2D eigenvalue weighted by Gasteiger charge is 2.36. The van der Waals surface area contributed by atoms with Gasteiger partial charge >= 0.3 is 19.8 Å². The fraction of sp³-hybridized carbons (Fsp3) is 0.814. The highest BCUT2D eigenvalue weighted by Crippen LogP contribution is 2.43. The summed E-state index contributed by atoms with van der Waals surface area (Å²) in [7, 11) is -4.39. The second-order valence-corrected chi connectivity index (χ2v) is 16.0. The average molecular weight is 784 g/mol. The van der Waals surface area contributed by atoms with Crippen LogP contribution in [0.25, 0.3) is 0 Å². The Morgan fingerprint density at radius 2 is 1.20 bits per heavy atom. The summed E-state index contributed by atoms with van der Waals surface area (Å²) in [6.45, 7) is 3.64. The maximum absolute atomic E-state index is 12.6.